The number of halogens is 1. The Hall–Kier alpha value is -1.09. The number of benzene rings is 1. The van der Waals surface area contributed by atoms with Gasteiger partial charge in [-0.1, -0.05) is 12.1 Å². The number of fused-ring (bicyclic) bond motifs is 1. The van der Waals surface area contributed by atoms with E-state index in [1.54, 1.807) is 0 Å². The first-order valence-corrected chi connectivity index (χ1v) is 6.38. The van der Waals surface area contributed by atoms with Gasteiger partial charge < -0.3 is 0 Å². The largest absolute Gasteiger partial charge is 0.226 e. The minimum Gasteiger partial charge on any atom is -0.226 e. The Bertz CT molecular complexity index is 543. The van der Waals surface area contributed by atoms with Crippen molar-refractivity contribution >= 4 is 15.9 Å². The molecule has 1 aromatic heterocycles. The Morgan fingerprint density at radius 1 is 1.31 bits per heavy atom. The smallest absolute Gasteiger partial charge is 0.113 e. The molecule has 0 spiro atoms. The van der Waals surface area contributed by atoms with E-state index in [0.717, 1.165) is 23.1 Å². The summed E-state index contributed by atoms with van der Waals surface area (Å²) in [5.74, 6) is 0. The van der Waals surface area contributed by atoms with Crippen molar-refractivity contribution in [1.29, 1.82) is 0 Å². The van der Waals surface area contributed by atoms with Crippen LogP contribution in [0.2, 0.25) is 0 Å². The van der Waals surface area contributed by atoms with Gasteiger partial charge in [-0.25, -0.2) is 4.68 Å². The van der Waals surface area contributed by atoms with Crippen LogP contribution in [0.1, 0.15) is 23.2 Å². The average molecular weight is 277 g/mol. The van der Waals surface area contributed by atoms with Crippen LogP contribution >= 0.6 is 15.9 Å². The van der Waals surface area contributed by atoms with Crippen LogP contribution in [0.5, 0.6) is 0 Å². The van der Waals surface area contributed by atoms with E-state index < -0.39 is 0 Å². The molecule has 1 aliphatic carbocycles. The maximum absolute atomic E-state index is 4.67. The molecule has 2 aromatic rings. The van der Waals surface area contributed by atoms with Crippen molar-refractivity contribution in [3.05, 3.63) is 45.7 Å². The monoisotopic (exact) mass is 276 g/mol. The molecule has 0 saturated carbocycles. The number of hydrogen-bond acceptors (Lipinski definition) is 1. The van der Waals surface area contributed by atoms with Gasteiger partial charge in [-0.3, -0.25) is 0 Å². The first-order chi connectivity index (χ1) is 7.75. The van der Waals surface area contributed by atoms with Gasteiger partial charge in [0.15, 0.2) is 0 Å². The van der Waals surface area contributed by atoms with Gasteiger partial charge in [-0.15, -0.1) is 0 Å². The number of aromatic nitrogens is 2. The molecule has 0 saturated heterocycles. The zero-order chi connectivity index (χ0) is 11.1. The lowest BCUT2D eigenvalue weighted by atomic mass is 10.2. The van der Waals surface area contributed by atoms with Gasteiger partial charge in [0.05, 0.1) is 11.4 Å². The Labute approximate surface area is 103 Å². The topological polar surface area (TPSA) is 17.8 Å². The maximum Gasteiger partial charge on any atom is 0.113 e. The molecule has 3 rings (SSSR count). The van der Waals surface area contributed by atoms with E-state index in [2.05, 4.69) is 52.2 Å². The zero-order valence-electron chi connectivity index (χ0n) is 9.20. The van der Waals surface area contributed by atoms with Crippen molar-refractivity contribution in [3.63, 3.8) is 0 Å². The highest BCUT2D eigenvalue weighted by Crippen LogP contribution is 2.30. The van der Waals surface area contributed by atoms with E-state index in [1.807, 2.05) is 4.68 Å². The molecule has 1 heterocycles. The van der Waals surface area contributed by atoms with Crippen LogP contribution in [0.3, 0.4) is 0 Å². The summed E-state index contributed by atoms with van der Waals surface area (Å²) in [5, 5.41) is 4.67. The van der Waals surface area contributed by atoms with Gasteiger partial charge in [0.25, 0.3) is 0 Å². The van der Waals surface area contributed by atoms with Gasteiger partial charge in [-0.05, 0) is 59.8 Å². The number of rotatable bonds is 1. The van der Waals surface area contributed by atoms with Crippen LogP contribution in [-0.2, 0) is 12.8 Å². The standard InChI is InChI=1S/C13H13BrN2/c1-9-4-2-5-10(8-9)16-13(14)11-6-3-7-12(11)15-16/h2,4-5,8H,3,6-7H2,1H3. The van der Waals surface area contributed by atoms with Crippen LogP contribution < -0.4 is 0 Å². The summed E-state index contributed by atoms with van der Waals surface area (Å²) in [4.78, 5) is 0. The Morgan fingerprint density at radius 2 is 2.19 bits per heavy atom. The molecule has 0 aliphatic heterocycles. The fourth-order valence-corrected chi connectivity index (χ4v) is 2.99. The number of hydrogen-bond donors (Lipinski definition) is 0. The normalized spacial score (nSPS) is 14.1. The minimum atomic E-state index is 1.12. The van der Waals surface area contributed by atoms with Gasteiger partial charge in [0, 0.05) is 5.56 Å². The highest BCUT2D eigenvalue weighted by molar-refractivity contribution is 9.10. The molecule has 1 aliphatic rings. The minimum absolute atomic E-state index is 1.12. The zero-order valence-corrected chi connectivity index (χ0v) is 10.8. The van der Waals surface area contributed by atoms with E-state index in [0.29, 0.717) is 0 Å². The van der Waals surface area contributed by atoms with E-state index in [1.165, 1.54) is 23.2 Å². The predicted octanol–water partition coefficient (Wildman–Crippen LogP) is 3.43. The van der Waals surface area contributed by atoms with E-state index >= 15 is 0 Å². The van der Waals surface area contributed by atoms with Crippen molar-refractivity contribution < 1.29 is 0 Å². The molecule has 2 nitrogen and oxygen atoms in total. The molecule has 0 bridgehead atoms. The van der Waals surface area contributed by atoms with Gasteiger partial charge in [-0.2, -0.15) is 5.10 Å². The van der Waals surface area contributed by atoms with E-state index in [4.69, 9.17) is 0 Å². The third-order valence-corrected chi connectivity index (χ3v) is 3.91. The highest BCUT2D eigenvalue weighted by atomic mass is 79.9. The fourth-order valence-electron chi connectivity index (χ4n) is 2.28. The summed E-state index contributed by atoms with van der Waals surface area (Å²) >= 11 is 3.66. The lowest BCUT2D eigenvalue weighted by molar-refractivity contribution is 0.787. The van der Waals surface area contributed by atoms with Crippen LogP contribution in [0.15, 0.2) is 28.9 Å². The molecule has 0 atom stereocenters. The summed E-state index contributed by atoms with van der Waals surface area (Å²) < 4.78 is 3.14. The first kappa shape index (κ1) is 10.1. The van der Waals surface area contributed by atoms with Gasteiger partial charge in [0.2, 0.25) is 0 Å². The lowest BCUT2D eigenvalue weighted by Crippen LogP contribution is -1.98. The third-order valence-electron chi connectivity index (χ3n) is 3.09. The summed E-state index contributed by atoms with van der Waals surface area (Å²) in [6.45, 7) is 2.11. The van der Waals surface area contributed by atoms with Crippen molar-refractivity contribution in [2.75, 3.05) is 0 Å². The van der Waals surface area contributed by atoms with E-state index in [9.17, 15) is 0 Å². The predicted molar refractivity (Wildman–Crippen MR) is 68.0 cm³/mol. The molecule has 0 unspecified atom stereocenters. The van der Waals surface area contributed by atoms with Crippen molar-refractivity contribution in [2.24, 2.45) is 0 Å². The van der Waals surface area contributed by atoms with Crippen LogP contribution in [0, 0.1) is 6.92 Å². The Kier molecular flexibility index (Phi) is 2.36. The molecule has 82 valence electrons. The first-order valence-electron chi connectivity index (χ1n) is 5.59. The molecular weight excluding hydrogens is 264 g/mol. The second-order valence-corrected chi connectivity index (χ2v) is 5.07. The molecule has 1 aromatic carbocycles. The van der Waals surface area contributed by atoms with Crippen molar-refractivity contribution in [3.8, 4) is 5.69 Å². The maximum atomic E-state index is 4.67. The molecular formula is C13H13BrN2. The lowest BCUT2D eigenvalue weighted by Gasteiger charge is -2.05. The second-order valence-electron chi connectivity index (χ2n) is 4.32. The Balaban J connectivity index is 2.14. The van der Waals surface area contributed by atoms with Gasteiger partial charge in [0.1, 0.15) is 4.60 Å². The van der Waals surface area contributed by atoms with Crippen molar-refractivity contribution in [2.45, 2.75) is 26.2 Å². The molecule has 0 N–H and O–H groups in total. The van der Waals surface area contributed by atoms with Crippen LogP contribution in [0.4, 0.5) is 0 Å². The van der Waals surface area contributed by atoms with Gasteiger partial charge >= 0.3 is 0 Å². The Morgan fingerprint density at radius 3 is 2.94 bits per heavy atom. The highest BCUT2D eigenvalue weighted by Gasteiger charge is 2.20. The van der Waals surface area contributed by atoms with Crippen LogP contribution in [0.25, 0.3) is 5.69 Å². The van der Waals surface area contributed by atoms with Crippen molar-refractivity contribution in [1.82, 2.24) is 9.78 Å². The summed E-state index contributed by atoms with van der Waals surface area (Å²) in [6.07, 6.45) is 3.51. The third kappa shape index (κ3) is 1.50. The fraction of sp³-hybridized carbons (Fsp3) is 0.308. The average Bonchev–Trinajstić information content (AvgIpc) is 2.82. The molecule has 0 amide bonds. The molecule has 0 fully saturated rings. The molecule has 3 heteroatoms. The number of aryl methyl sites for hydroxylation is 2. The van der Waals surface area contributed by atoms with E-state index in [-0.39, 0.29) is 0 Å². The molecule has 16 heavy (non-hydrogen) atoms. The van der Waals surface area contributed by atoms with Crippen LogP contribution in [-0.4, -0.2) is 9.78 Å². The summed E-state index contributed by atoms with van der Waals surface area (Å²) in [5.41, 5.74) is 5.05. The SMILES string of the molecule is Cc1cccc(-n2nc3c(c2Br)CCC3)c1. The second kappa shape index (κ2) is 3.74. The number of nitrogens with zero attached hydrogens (tertiary/aromatic N) is 2. The molecule has 0 radical (unpaired) electrons. The quantitative estimate of drug-likeness (QED) is 0.780. The summed E-state index contributed by atoms with van der Waals surface area (Å²) in [6, 6.07) is 8.44. The summed E-state index contributed by atoms with van der Waals surface area (Å²) in [7, 11) is 0.